The average molecular weight is 304 g/mol. The van der Waals surface area contributed by atoms with Gasteiger partial charge in [-0.15, -0.1) is 0 Å². The van der Waals surface area contributed by atoms with Crippen molar-refractivity contribution in [2.75, 3.05) is 6.61 Å². The van der Waals surface area contributed by atoms with Crippen molar-refractivity contribution in [3.8, 4) is 0 Å². The lowest BCUT2D eigenvalue weighted by Crippen LogP contribution is -2.16. The van der Waals surface area contributed by atoms with E-state index in [0.29, 0.717) is 12.0 Å². The second-order valence-corrected chi connectivity index (χ2v) is 7.39. The maximum Gasteiger partial charge on any atom is 0.0923 e. The molecule has 3 atom stereocenters. The highest BCUT2D eigenvalue weighted by molar-refractivity contribution is 5.11. The van der Waals surface area contributed by atoms with E-state index in [1.54, 1.807) is 0 Å². The summed E-state index contributed by atoms with van der Waals surface area (Å²) < 4.78 is 6.00. The van der Waals surface area contributed by atoms with E-state index in [0.717, 1.165) is 50.5 Å². The predicted molar refractivity (Wildman–Crippen MR) is 92.8 cm³/mol. The zero-order chi connectivity index (χ0) is 16.2. The number of fused-ring (bicyclic) bond motifs is 1. The summed E-state index contributed by atoms with van der Waals surface area (Å²) in [5.41, 5.74) is 3.96. The van der Waals surface area contributed by atoms with Crippen molar-refractivity contribution in [2.45, 2.75) is 77.4 Å². The third-order valence-corrected chi connectivity index (χ3v) is 5.37. The molecule has 2 aliphatic rings. The number of aliphatic hydroxyl groups excluding tert-OH is 1. The second kappa shape index (κ2) is 7.61. The maximum atomic E-state index is 9.45. The summed E-state index contributed by atoms with van der Waals surface area (Å²) in [7, 11) is 0. The van der Waals surface area contributed by atoms with Crippen molar-refractivity contribution >= 4 is 0 Å². The van der Waals surface area contributed by atoms with E-state index >= 15 is 0 Å². The van der Waals surface area contributed by atoms with Gasteiger partial charge in [0.1, 0.15) is 0 Å². The molecule has 22 heavy (non-hydrogen) atoms. The zero-order valence-electron chi connectivity index (χ0n) is 14.5. The minimum atomic E-state index is 0.0414. The normalized spacial score (nSPS) is 38.7. The lowest BCUT2D eigenvalue weighted by Gasteiger charge is -2.18. The third kappa shape index (κ3) is 4.82. The molecule has 2 nitrogen and oxygen atoms in total. The molecule has 1 aliphatic carbocycles. The molecule has 1 aliphatic heterocycles. The van der Waals surface area contributed by atoms with Crippen LogP contribution in [0.4, 0.5) is 0 Å². The first kappa shape index (κ1) is 17.5. The van der Waals surface area contributed by atoms with Crippen LogP contribution in [0.1, 0.15) is 65.7 Å². The largest absolute Gasteiger partial charge is 0.392 e. The van der Waals surface area contributed by atoms with Gasteiger partial charge < -0.3 is 9.84 Å². The molecule has 0 saturated carbocycles. The number of hydrogen-bond acceptors (Lipinski definition) is 2. The number of hydrogen-bond donors (Lipinski definition) is 1. The molecule has 0 amide bonds. The number of ether oxygens (including phenoxy) is 1. The number of rotatable bonds is 2. The summed E-state index contributed by atoms with van der Waals surface area (Å²) in [6, 6.07) is 0. The Hall–Kier alpha value is -0.860. The van der Waals surface area contributed by atoms with Crippen molar-refractivity contribution in [3.05, 3.63) is 35.5 Å². The Morgan fingerprint density at radius 3 is 2.68 bits per heavy atom. The molecule has 0 radical (unpaired) electrons. The maximum absolute atomic E-state index is 9.45. The van der Waals surface area contributed by atoms with E-state index < -0.39 is 0 Å². The first-order valence-electron chi connectivity index (χ1n) is 8.72. The number of aliphatic hydroxyl groups is 1. The summed E-state index contributed by atoms with van der Waals surface area (Å²) in [5.74, 6) is 0.375. The minimum absolute atomic E-state index is 0.0414. The molecule has 0 aromatic rings. The van der Waals surface area contributed by atoms with Crippen LogP contribution in [0.3, 0.4) is 0 Å². The molecule has 1 fully saturated rings. The van der Waals surface area contributed by atoms with Crippen LogP contribution in [-0.2, 0) is 4.74 Å². The molecule has 124 valence electrons. The molecule has 0 spiro atoms. The summed E-state index contributed by atoms with van der Waals surface area (Å²) in [6.07, 6.45) is 12.8. The highest BCUT2D eigenvalue weighted by Gasteiger charge is 2.51. The van der Waals surface area contributed by atoms with E-state index in [9.17, 15) is 5.11 Å². The summed E-state index contributed by atoms with van der Waals surface area (Å²) in [6.45, 7) is 10.9. The van der Waals surface area contributed by atoms with Crippen molar-refractivity contribution < 1.29 is 9.84 Å². The van der Waals surface area contributed by atoms with Crippen molar-refractivity contribution in [2.24, 2.45) is 5.92 Å². The van der Waals surface area contributed by atoms with Crippen LogP contribution in [0, 0.1) is 5.92 Å². The van der Waals surface area contributed by atoms with E-state index in [2.05, 4.69) is 39.5 Å². The van der Waals surface area contributed by atoms with E-state index in [4.69, 9.17) is 4.74 Å². The lowest BCUT2D eigenvalue weighted by molar-refractivity contribution is 0.279. The van der Waals surface area contributed by atoms with Crippen LogP contribution in [0.15, 0.2) is 35.5 Å². The van der Waals surface area contributed by atoms with E-state index in [1.165, 1.54) is 11.1 Å². The van der Waals surface area contributed by atoms with Gasteiger partial charge in [-0.05, 0) is 77.2 Å². The number of allylic oxidation sites excluding steroid dienone is 4. The SMILES string of the molecule is C=C(CO)C1CC/C(C)=C/CC/C(C)=C/CCC2(C)OC2C1. The Morgan fingerprint density at radius 1 is 1.27 bits per heavy atom. The Balaban J connectivity index is 2.06. The minimum Gasteiger partial charge on any atom is -0.392 e. The standard InChI is InChI=1S/C20H32O2/c1-15-7-5-8-16(2)10-11-18(17(3)14-21)13-19-20(4,22-19)12-6-9-15/h8-9,18-19,21H,3,5-7,10-14H2,1-2,4H3/b15-9+,16-8+. The fourth-order valence-corrected chi connectivity index (χ4v) is 3.44. The first-order chi connectivity index (χ1) is 10.4. The number of epoxide rings is 1. The molecule has 2 heteroatoms. The molecular formula is C20H32O2. The van der Waals surface area contributed by atoms with Crippen LogP contribution in [-0.4, -0.2) is 23.4 Å². The summed E-state index contributed by atoms with van der Waals surface area (Å²) >= 11 is 0. The van der Waals surface area contributed by atoms with Gasteiger partial charge in [0.05, 0.1) is 18.3 Å². The Kier molecular flexibility index (Phi) is 6.05. The molecule has 2 rings (SSSR count). The Bertz CT molecular complexity index is 460. The predicted octanol–water partition coefficient (Wildman–Crippen LogP) is 4.95. The average Bonchev–Trinajstić information content (AvgIpc) is 3.11. The molecule has 0 bridgehead atoms. The van der Waals surface area contributed by atoms with Crippen LogP contribution < -0.4 is 0 Å². The van der Waals surface area contributed by atoms with Crippen LogP contribution in [0.2, 0.25) is 0 Å². The Morgan fingerprint density at radius 2 is 1.95 bits per heavy atom. The van der Waals surface area contributed by atoms with Gasteiger partial charge in [-0.25, -0.2) is 0 Å². The Labute approximate surface area is 136 Å². The van der Waals surface area contributed by atoms with Crippen molar-refractivity contribution in [1.29, 1.82) is 0 Å². The monoisotopic (exact) mass is 304 g/mol. The van der Waals surface area contributed by atoms with E-state index in [1.807, 2.05) is 0 Å². The quantitative estimate of drug-likeness (QED) is 0.578. The summed E-state index contributed by atoms with van der Waals surface area (Å²) in [5, 5.41) is 9.45. The van der Waals surface area contributed by atoms with Crippen molar-refractivity contribution in [1.82, 2.24) is 0 Å². The van der Waals surface area contributed by atoms with Gasteiger partial charge in [0.15, 0.2) is 0 Å². The molecule has 0 aromatic heterocycles. The fourth-order valence-electron chi connectivity index (χ4n) is 3.44. The van der Waals surface area contributed by atoms with Gasteiger partial charge in [0.25, 0.3) is 0 Å². The van der Waals surface area contributed by atoms with Gasteiger partial charge >= 0.3 is 0 Å². The highest BCUT2D eigenvalue weighted by Crippen LogP contribution is 2.45. The third-order valence-electron chi connectivity index (χ3n) is 5.37. The molecule has 3 unspecified atom stereocenters. The first-order valence-corrected chi connectivity index (χ1v) is 8.72. The van der Waals surface area contributed by atoms with Gasteiger partial charge in [-0.1, -0.05) is 29.9 Å². The lowest BCUT2D eigenvalue weighted by atomic mass is 9.85. The molecule has 1 heterocycles. The molecule has 1 saturated heterocycles. The van der Waals surface area contributed by atoms with Gasteiger partial charge in [-0.2, -0.15) is 0 Å². The van der Waals surface area contributed by atoms with E-state index in [-0.39, 0.29) is 12.2 Å². The molecule has 1 N–H and O–H groups in total. The second-order valence-electron chi connectivity index (χ2n) is 7.39. The fraction of sp³-hybridized carbons (Fsp3) is 0.700. The summed E-state index contributed by atoms with van der Waals surface area (Å²) in [4.78, 5) is 0. The van der Waals surface area contributed by atoms with Crippen LogP contribution in [0.5, 0.6) is 0 Å². The smallest absolute Gasteiger partial charge is 0.0923 e. The topological polar surface area (TPSA) is 32.8 Å². The van der Waals surface area contributed by atoms with Crippen LogP contribution in [0.25, 0.3) is 0 Å². The van der Waals surface area contributed by atoms with Gasteiger partial charge in [-0.3, -0.25) is 0 Å². The molecular weight excluding hydrogens is 272 g/mol. The van der Waals surface area contributed by atoms with Gasteiger partial charge in [0, 0.05) is 0 Å². The van der Waals surface area contributed by atoms with Crippen molar-refractivity contribution in [3.63, 3.8) is 0 Å². The molecule has 0 aromatic carbocycles. The highest BCUT2D eigenvalue weighted by atomic mass is 16.6. The van der Waals surface area contributed by atoms with Gasteiger partial charge in [0.2, 0.25) is 0 Å². The zero-order valence-corrected chi connectivity index (χ0v) is 14.5. The van der Waals surface area contributed by atoms with Crippen LogP contribution >= 0.6 is 0 Å².